The molecular formula is C56H78IN13O7Si2. The minimum Gasteiger partial charge on any atom is -0.408 e. The number of carbonyl (C=O) groups is 2. The zero-order valence-corrected chi connectivity index (χ0v) is 50.6. The topological polar surface area (TPSA) is 253 Å². The molecule has 3 aromatic carbocycles. The van der Waals surface area contributed by atoms with Crippen LogP contribution in [0.2, 0.25) is 37.7 Å². The highest BCUT2D eigenvalue weighted by atomic mass is 127. The highest BCUT2D eigenvalue weighted by Crippen LogP contribution is 2.45. The van der Waals surface area contributed by atoms with Crippen molar-refractivity contribution in [1.82, 2.24) is 42.6 Å². The van der Waals surface area contributed by atoms with Crippen LogP contribution in [0.3, 0.4) is 0 Å². The van der Waals surface area contributed by atoms with E-state index in [-0.39, 0.29) is 54.2 Å². The molecule has 6 heterocycles. The standard InChI is InChI=1S/C31H38N6O3Si.C23H32N6O4Si.CH4IN.CH4/c1-7-23-24(32-18-21-14-10-8-11-15-21)26(40-41(5,6)31(2,3)4)30(39-23)37-20-35-25-27(33-19-34-28(25)37)36-29(38)22-16-12-9-13-17-22;1-23(2,3)34(4,5)33-18-16(24)15(11-30)32-22(18)29-13-27-17-19(25-12-26-20(17)29)28-21(31)14-9-7-6-8-10-14;1-3-2;/h8-20,23-24,26,30H,7H2,1-6H3,(H,33,34,36,38);6-10,12-13,15-16,18,22,30H,11,24H2,1-5H3,(H,25,26,28,31);3H,1H3;1H4/t23-,24-,26?,30-;15-,16-,18?,22-;;/m11../s1/i/hT. The van der Waals surface area contributed by atoms with Crippen molar-refractivity contribution in [2.24, 2.45) is 10.7 Å². The molecule has 424 valence electrons. The summed E-state index contributed by atoms with van der Waals surface area (Å²) in [7, 11) is -2.79. The van der Waals surface area contributed by atoms with Crippen LogP contribution in [0.25, 0.3) is 22.3 Å². The Balaban J connectivity index is 0.000000243. The van der Waals surface area contributed by atoms with Gasteiger partial charge in [-0.3, -0.25) is 27.2 Å². The molecule has 2 aliphatic heterocycles. The fourth-order valence-corrected chi connectivity index (χ4v) is 11.0. The van der Waals surface area contributed by atoms with Gasteiger partial charge in [0.05, 0.1) is 31.4 Å². The van der Waals surface area contributed by atoms with Crippen molar-refractivity contribution in [3.8, 4) is 0 Å². The summed E-state index contributed by atoms with van der Waals surface area (Å²) in [6.07, 6.45) is 5.98. The van der Waals surface area contributed by atoms with Gasteiger partial charge in [0, 0.05) is 40.2 Å². The third kappa shape index (κ3) is 14.4. The smallest absolute Gasteiger partial charge is 0.256 e. The average Bonchev–Trinajstić information content (AvgIpc) is 4.21. The lowest BCUT2D eigenvalue weighted by molar-refractivity contribution is -0.0462. The molecule has 2 amide bonds. The number of rotatable bonds is 14. The summed E-state index contributed by atoms with van der Waals surface area (Å²) in [5.41, 5.74) is 10.5. The Morgan fingerprint density at radius 2 is 1.13 bits per heavy atom. The Morgan fingerprint density at radius 3 is 1.54 bits per heavy atom. The van der Waals surface area contributed by atoms with E-state index in [0.29, 0.717) is 45.1 Å². The number of benzene rings is 3. The maximum atomic E-state index is 12.9. The number of carbonyl (C=O) groups excluding carboxylic acids is 2. The van der Waals surface area contributed by atoms with Crippen LogP contribution in [-0.4, -0.2) is 129 Å². The van der Waals surface area contributed by atoms with E-state index in [1.165, 1.54) is 16.2 Å². The molecule has 79 heavy (non-hydrogen) atoms. The number of nitrogens with one attached hydrogen (secondary N) is 3. The van der Waals surface area contributed by atoms with Gasteiger partial charge in [0.15, 0.2) is 63.1 Å². The molecule has 4 aromatic heterocycles. The number of aromatic nitrogens is 8. The number of aliphatic imine (C=N–C) groups is 1. The van der Waals surface area contributed by atoms with Crippen molar-refractivity contribution in [3.05, 3.63) is 133 Å². The zero-order chi connectivity index (χ0) is 57.5. The first-order valence-electron chi connectivity index (χ1n) is 26.4. The van der Waals surface area contributed by atoms with Crippen LogP contribution >= 0.6 is 22.9 Å². The fourth-order valence-electron chi connectivity index (χ4n) is 8.40. The number of aliphatic hydroxyl groups is 1. The van der Waals surface area contributed by atoms with Gasteiger partial charge in [-0.15, -0.1) is 0 Å². The third-order valence-corrected chi connectivity index (χ3v) is 23.7. The number of halogens is 1. The largest absolute Gasteiger partial charge is 0.408 e. The van der Waals surface area contributed by atoms with Crippen LogP contribution in [0.1, 0.15) is 101 Å². The van der Waals surface area contributed by atoms with E-state index in [1.54, 1.807) is 60.7 Å². The molecule has 0 saturated carbocycles. The maximum Gasteiger partial charge on any atom is 0.256 e. The molecule has 0 bridgehead atoms. The molecule has 0 radical (unpaired) electrons. The van der Waals surface area contributed by atoms with Crippen LogP contribution in [0.5, 0.6) is 0 Å². The maximum absolute atomic E-state index is 12.9. The SMILES string of the molecule is C.CC(C)(C)[Si](C)(C)OC1[C@H](n2cnc3c(NC(=O)c4ccccc4)ncnc32)O[C@H](CO)[C@H]1N.CC[C@H]1O[C@@H](n2cnc3c(NC(=O)c4ccccc4)ncnc32)C(O[Si](C)(C)C(C)(C)C)[C@@H]1N=Cc1ccccc1.[3H]N(C)I. The lowest BCUT2D eigenvalue weighted by atomic mass is 10.1. The number of nitrogens with two attached hydrogens (primary N) is 1. The molecule has 9 rings (SSSR count). The first-order chi connectivity index (χ1) is 37.3. The molecule has 0 spiro atoms. The monoisotopic (exact) mass is 1230 g/mol. The van der Waals surface area contributed by atoms with Crippen molar-refractivity contribution in [1.29, 1.82) is 0 Å². The Labute approximate surface area is 481 Å². The van der Waals surface area contributed by atoms with Crippen molar-refractivity contribution in [2.45, 2.75) is 148 Å². The quantitative estimate of drug-likeness (QED) is 0.0294. The molecule has 8 atom stereocenters. The first-order valence-corrected chi connectivity index (χ1v) is 32.7. The first kappa shape index (κ1) is 60.9. The molecule has 0 aliphatic carbocycles. The molecule has 2 aliphatic rings. The van der Waals surface area contributed by atoms with E-state index >= 15 is 0 Å². The van der Waals surface area contributed by atoms with Gasteiger partial charge in [0.25, 0.3) is 11.8 Å². The number of nitrogens with zero attached hydrogens (tertiary/aromatic N) is 9. The average molecular weight is 1230 g/mol. The van der Waals surface area contributed by atoms with Crippen molar-refractivity contribution < 1.29 is 34.4 Å². The van der Waals surface area contributed by atoms with Crippen LogP contribution in [0.4, 0.5) is 11.6 Å². The van der Waals surface area contributed by atoms with Gasteiger partial charge >= 0.3 is 0 Å². The van der Waals surface area contributed by atoms with E-state index in [9.17, 15) is 14.7 Å². The van der Waals surface area contributed by atoms with E-state index in [2.05, 4.69) is 115 Å². The zero-order valence-electron chi connectivity index (χ0n) is 47.4. The van der Waals surface area contributed by atoms with Crippen LogP contribution in [0, 0.1) is 0 Å². The molecule has 2 fully saturated rings. The molecule has 2 unspecified atom stereocenters. The summed E-state index contributed by atoms with van der Waals surface area (Å²) >= 11 is 1.84. The fraction of sp³-hybridized carbons (Fsp3) is 0.446. The lowest BCUT2D eigenvalue weighted by Crippen LogP contribution is -2.51. The van der Waals surface area contributed by atoms with E-state index in [1.807, 2.05) is 88.2 Å². The molecule has 20 nitrogen and oxygen atoms in total. The van der Waals surface area contributed by atoms with E-state index < -0.39 is 47.3 Å². The molecule has 7 aromatic rings. The predicted molar refractivity (Wildman–Crippen MR) is 324 cm³/mol. The van der Waals surface area contributed by atoms with Crippen LogP contribution in [-0.2, 0) is 18.3 Å². The van der Waals surface area contributed by atoms with Crippen LogP contribution < -0.4 is 19.9 Å². The molecule has 6 N–H and O–H groups in total. The summed E-state index contributed by atoms with van der Waals surface area (Å²) in [6.45, 7) is 23.8. The molecular weight excluding hydrogens is 1150 g/mol. The van der Waals surface area contributed by atoms with Gasteiger partial charge < -0.3 is 39.8 Å². The molecule has 23 heteroatoms. The van der Waals surface area contributed by atoms with Gasteiger partial charge in [0.1, 0.15) is 38.4 Å². The Bertz CT molecular complexity index is 3160. The number of hydrogen-bond donors (Lipinski definition) is 5. The highest BCUT2D eigenvalue weighted by molar-refractivity contribution is 14.1. The summed E-state index contributed by atoms with van der Waals surface area (Å²) in [4.78, 5) is 57.2. The summed E-state index contributed by atoms with van der Waals surface area (Å²) in [6, 6.07) is 27.2. The second-order valence-corrected chi connectivity index (χ2v) is 32.5. The second kappa shape index (κ2) is 26.7. The number of ether oxygens (including phenoxy) is 2. The second-order valence-electron chi connectivity index (χ2n) is 22.1. The van der Waals surface area contributed by atoms with Gasteiger partial charge in [-0.25, -0.2) is 29.9 Å². The summed E-state index contributed by atoms with van der Waals surface area (Å²) in [5, 5.41) is 15.5. The Hall–Kier alpha value is -5.75. The summed E-state index contributed by atoms with van der Waals surface area (Å²) in [5.74, 6) is 0.0696. The van der Waals surface area contributed by atoms with E-state index in [4.69, 9.17) is 30.5 Å². The number of aliphatic hydroxyl groups excluding tert-OH is 1. The van der Waals surface area contributed by atoms with E-state index in [0.717, 1.165) is 12.0 Å². The van der Waals surface area contributed by atoms with Crippen molar-refractivity contribution in [3.63, 3.8) is 0 Å². The normalized spacial score (nSPS) is 21.7. The number of fused-ring (bicyclic) bond motifs is 2. The predicted octanol–water partition coefficient (Wildman–Crippen LogP) is 10.1. The van der Waals surface area contributed by atoms with Gasteiger partial charge in [-0.1, -0.05) is 123 Å². The summed E-state index contributed by atoms with van der Waals surface area (Å²) < 4.78 is 37.8. The Morgan fingerprint density at radius 1 is 0.722 bits per heavy atom. The van der Waals surface area contributed by atoms with Gasteiger partial charge in [0.2, 0.25) is 0 Å². The number of hydrogen-bond acceptors (Lipinski definition) is 16. The number of amides is 2. The minimum atomic E-state index is -2.23. The molecule has 2 saturated heterocycles. The Kier molecular flexibility index (Phi) is 20.6. The third-order valence-electron chi connectivity index (χ3n) is 14.8. The van der Waals surface area contributed by atoms with Gasteiger partial charge in [-0.2, -0.15) is 0 Å². The van der Waals surface area contributed by atoms with Crippen molar-refractivity contribution in [2.75, 3.05) is 24.3 Å². The lowest BCUT2D eigenvalue weighted by Gasteiger charge is -2.40. The minimum absolute atomic E-state index is 0. The highest BCUT2D eigenvalue weighted by Gasteiger charge is 2.52. The number of imidazole rings is 2. The van der Waals surface area contributed by atoms with Gasteiger partial charge in [-0.05, 0) is 79.6 Å². The van der Waals surface area contributed by atoms with Crippen LogP contribution in [0.15, 0.2) is 121 Å². The van der Waals surface area contributed by atoms with Crippen molar-refractivity contribution >= 4 is 91.5 Å². The number of anilines is 2.